The lowest BCUT2D eigenvalue weighted by atomic mass is 10.1. The number of aromatic nitrogens is 4. The maximum atomic E-state index is 13.7. The van der Waals surface area contributed by atoms with Crippen molar-refractivity contribution in [2.24, 2.45) is 0 Å². The van der Waals surface area contributed by atoms with E-state index in [1.165, 1.54) is 6.33 Å². The number of hydrogen-bond donors (Lipinski definition) is 2. The Morgan fingerprint density at radius 2 is 1.88 bits per heavy atom. The Balaban J connectivity index is 1.39. The number of amides is 1. The van der Waals surface area contributed by atoms with Gasteiger partial charge >= 0.3 is 6.18 Å². The minimum absolute atomic E-state index is 0.0905. The maximum Gasteiger partial charge on any atom is 0.416 e. The molecular formula is C30H33F3N8O2. The molecule has 1 fully saturated rings. The number of likely N-dealkylation sites (N-methyl/N-ethyl adjacent to an activating group) is 1. The van der Waals surface area contributed by atoms with Gasteiger partial charge in [0.05, 0.1) is 18.4 Å². The quantitative estimate of drug-likeness (QED) is 0.249. The first-order valence-electron chi connectivity index (χ1n) is 13.9. The van der Waals surface area contributed by atoms with E-state index in [0.29, 0.717) is 53.7 Å². The lowest BCUT2D eigenvalue weighted by Crippen LogP contribution is -2.24. The molecule has 2 aromatic heterocycles. The SMILES string of the molecule is COCCN(C)c1ncc2ncnc(Nc3cc(C(=O)Nc4cc(CN5CCCC5)cc(C(F)(F)F)c4)ccc3C)c2n1. The molecule has 0 saturated carbocycles. The van der Waals surface area contributed by atoms with Crippen LogP contribution in [0.4, 0.5) is 36.3 Å². The lowest BCUT2D eigenvalue weighted by Gasteiger charge is -2.18. The Kier molecular flexibility index (Phi) is 9.02. The molecule has 4 aromatic rings. The molecule has 0 radical (unpaired) electrons. The largest absolute Gasteiger partial charge is 0.416 e. The minimum atomic E-state index is -4.54. The molecule has 1 aliphatic heterocycles. The zero-order chi connectivity index (χ0) is 30.6. The number of methoxy groups -OCH3 is 1. The standard InChI is InChI=1S/C30H33F3N8O2/c1-19-6-7-21(28(42)37-23-13-20(17-41-8-4-5-9-41)12-22(15-23)30(31,32)33)14-24(19)38-27-26-25(35-18-36-27)16-34-29(39-26)40(2)10-11-43-3/h6-7,12-16,18H,4-5,8-11,17H2,1-3H3,(H,37,42)(H,35,36,38). The van der Waals surface area contributed by atoms with Crippen molar-refractivity contribution in [3.63, 3.8) is 0 Å². The molecule has 0 unspecified atom stereocenters. The second-order valence-corrected chi connectivity index (χ2v) is 10.5. The van der Waals surface area contributed by atoms with Gasteiger partial charge in [0.25, 0.3) is 5.91 Å². The number of anilines is 4. The average molecular weight is 595 g/mol. The number of benzene rings is 2. The number of halogens is 3. The number of nitrogens with one attached hydrogen (secondary N) is 2. The molecule has 1 saturated heterocycles. The first-order chi connectivity index (χ1) is 20.6. The van der Waals surface area contributed by atoms with Gasteiger partial charge in [-0.15, -0.1) is 0 Å². The molecule has 0 bridgehead atoms. The molecule has 3 heterocycles. The fraction of sp³-hybridized carbons (Fsp3) is 0.367. The summed E-state index contributed by atoms with van der Waals surface area (Å²) in [4.78, 5) is 34.9. The highest BCUT2D eigenvalue weighted by atomic mass is 19.4. The van der Waals surface area contributed by atoms with E-state index in [1.54, 1.807) is 37.6 Å². The van der Waals surface area contributed by atoms with Crippen LogP contribution in [0.2, 0.25) is 0 Å². The summed E-state index contributed by atoms with van der Waals surface area (Å²) >= 11 is 0. The van der Waals surface area contributed by atoms with Crippen molar-refractivity contribution in [1.82, 2.24) is 24.8 Å². The van der Waals surface area contributed by atoms with Crippen molar-refractivity contribution in [3.05, 3.63) is 71.2 Å². The number of carbonyl (C=O) groups is 1. The van der Waals surface area contributed by atoms with Gasteiger partial charge in [0, 0.05) is 44.2 Å². The topological polar surface area (TPSA) is 108 Å². The van der Waals surface area contributed by atoms with E-state index in [1.807, 2.05) is 18.9 Å². The van der Waals surface area contributed by atoms with Gasteiger partial charge in [-0.05, 0) is 74.3 Å². The summed E-state index contributed by atoms with van der Waals surface area (Å²) in [6.45, 7) is 5.03. The van der Waals surface area contributed by atoms with E-state index < -0.39 is 17.6 Å². The maximum absolute atomic E-state index is 13.7. The Bertz CT molecular complexity index is 1610. The Hall–Kier alpha value is -4.36. The number of fused-ring (bicyclic) bond motifs is 1. The molecule has 1 amide bonds. The Morgan fingerprint density at radius 3 is 2.63 bits per heavy atom. The van der Waals surface area contributed by atoms with Gasteiger partial charge in [0.1, 0.15) is 17.4 Å². The summed E-state index contributed by atoms with van der Waals surface area (Å²) in [7, 11) is 3.47. The molecule has 2 aromatic carbocycles. The van der Waals surface area contributed by atoms with E-state index >= 15 is 0 Å². The van der Waals surface area contributed by atoms with Crippen LogP contribution in [0, 0.1) is 6.92 Å². The molecule has 43 heavy (non-hydrogen) atoms. The zero-order valence-corrected chi connectivity index (χ0v) is 24.2. The third-order valence-electron chi connectivity index (χ3n) is 7.27. The van der Waals surface area contributed by atoms with Crippen LogP contribution < -0.4 is 15.5 Å². The molecule has 10 nitrogen and oxygen atoms in total. The van der Waals surface area contributed by atoms with E-state index in [2.05, 4.69) is 35.5 Å². The Labute approximate surface area is 247 Å². The van der Waals surface area contributed by atoms with Crippen molar-refractivity contribution in [1.29, 1.82) is 0 Å². The Morgan fingerprint density at radius 1 is 1.09 bits per heavy atom. The highest BCUT2D eigenvalue weighted by Gasteiger charge is 2.31. The molecule has 13 heteroatoms. The monoisotopic (exact) mass is 594 g/mol. The number of ether oxygens (including phenoxy) is 1. The smallest absolute Gasteiger partial charge is 0.383 e. The van der Waals surface area contributed by atoms with E-state index in [4.69, 9.17) is 4.74 Å². The number of rotatable bonds is 10. The molecule has 0 aliphatic carbocycles. The molecule has 2 N–H and O–H groups in total. The molecule has 226 valence electrons. The van der Waals surface area contributed by atoms with Crippen LogP contribution in [0.1, 0.15) is 39.9 Å². The highest BCUT2D eigenvalue weighted by Crippen LogP contribution is 2.33. The van der Waals surface area contributed by atoms with Crippen molar-refractivity contribution in [2.75, 3.05) is 55.9 Å². The van der Waals surface area contributed by atoms with Gasteiger partial charge in [-0.2, -0.15) is 13.2 Å². The van der Waals surface area contributed by atoms with E-state index in [-0.39, 0.29) is 11.3 Å². The van der Waals surface area contributed by atoms with Crippen LogP contribution in [-0.2, 0) is 17.5 Å². The number of hydrogen-bond acceptors (Lipinski definition) is 9. The molecule has 1 aliphatic rings. The summed E-state index contributed by atoms with van der Waals surface area (Å²) in [6, 6.07) is 8.73. The minimum Gasteiger partial charge on any atom is -0.383 e. The zero-order valence-electron chi connectivity index (χ0n) is 24.2. The van der Waals surface area contributed by atoms with Crippen LogP contribution in [0.15, 0.2) is 48.9 Å². The summed E-state index contributed by atoms with van der Waals surface area (Å²) < 4.78 is 46.2. The van der Waals surface area contributed by atoms with E-state index in [9.17, 15) is 18.0 Å². The first-order valence-corrected chi connectivity index (χ1v) is 13.9. The van der Waals surface area contributed by atoms with Gasteiger partial charge < -0.3 is 20.3 Å². The number of aryl methyl sites for hydroxylation is 1. The summed E-state index contributed by atoms with van der Waals surface area (Å²) in [5.74, 6) is 0.350. The number of likely N-dealkylation sites (tertiary alicyclic amines) is 1. The predicted molar refractivity (Wildman–Crippen MR) is 159 cm³/mol. The third-order valence-corrected chi connectivity index (χ3v) is 7.27. The fourth-order valence-electron chi connectivity index (χ4n) is 4.90. The van der Waals surface area contributed by atoms with E-state index in [0.717, 1.165) is 43.6 Å². The number of alkyl halides is 3. The van der Waals surface area contributed by atoms with Crippen LogP contribution in [0.3, 0.4) is 0 Å². The van der Waals surface area contributed by atoms with Gasteiger partial charge in [-0.3, -0.25) is 9.69 Å². The van der Waals surface area contributed by atoms with Gasteiger partial charge in [0.2, 0.25) is 5.95 Å². The molecular weight excluding hydrogens is 561 g/mol. The van der Waals surface area contributed by atoms with Gasteiger partial charge in [-0.1, -0.05) is 6.07 Å². The average Bonchev–Trinajstić information content (AvgIpc) is 3.49. The van der Waals surface area contributed by atoms with Crippen LogP contribution >= 0.6 is 0 Å². The van der Waals surface area contributed by atoms with Crippen molar-refractivity contribution in [3.8, 4) is 0 Å². The second-order valence-electron chi connectivity index (χ2n) is 10.5. The lowest BCUT2D eigenvalue weighted by molar-refractivity contribution is -0.137. The van der Waals surface area contributed by atoms with Crippen LogP contribution in [0.5, 0.6) is 0 Å². The number of carbonyl (C=O) groups excluding carboxylic acids is 1. The van der Waals surface area contributed by atoms with Crippen molar-refractivity contribution in [2.45, 2.75) is 32.5 Å². The van der Waals surface area contributed by atoms with Gasteiger partial charge in [-0.25, -0.2) is 19.9 Å². The normalized spacial score (nSPS) is 13.8. The summed E-state index contributed by atoms with van der Waals surface area (Å²) in [6.07, 6.45) is 0.510. The van der Waals surface area contributed by atoms with Crippen LogP contribution in [0.25, 0.3) is 11.0 Å². The molecule has 0 spiro atoms. The van der Waals surface area contributed by atoms with Crippen molar-refractivity contribution < 1.29 is 22.7 Å². The third kappa shape index (κ3) is 7.35. The summed E-state index contributed by atoms with van der Waals surface area (Å²) in [5.41, 5.74) is 2.48. The predicted octanol–water partition coefficient (Wildman–Crippen LogP) is 5.42. The van der Waals surface area contributed by atoms with Crippen molar-refractivity contribution >= 4 is 40.1 Å². The van der Waals surface area contributed by atoms with Crippen LogP contribution in [-0.4, -0.2) is 71.1 Å². The highest BCUT2D eigenvalue weighted by molar-refractivity contribution is 6.05. The fourth-order valence-corrected chi connectivity index (χ4v) is 4.90. The number of nitrogens with zero attached hydrogens (tertiary/aromatic N) is 6. The molecule has 5 rings (SSSR count). The summed E-state index contributed by atoms with van der Waals surface area (Å²) in [5, 5.41) is 5.91. The second kappa shape index (κ2) is 12.9. The first kappa shape index (κ1) is 30.1. The molecule has 0 atom stereocenters. The van der Waals surface area contributed by atoms with Gasteiger partial charge in [0.15, 0.2) is 5.82 Å².